The first-order chi connectivity index (χ1) is 14.7. The van der Waals surface area contributed by atoms with E-state index in [1.54, 1.807) is 29.3 Å². The van der Waals surface area contributed by atoms with Gasteiger partial charge in [-0.3, -0.25) is 4.98 Å². The summed E-state index contributed by atoms with van der Waals surface area (Å²) in [4.78, 5) is 13.4. The minimum Gasteiger partial charge on any atom is -0.398 e. The predicted octanol–water partition coefficient (Wildman–Crippen LogP) is 4.95. The van der Waals surface area contributed by atoms with Crippen LogP contribution >= 0.6 is 11.6 Å². The number of benzene rings is 1. The summed E-state index contributed by atoms with van der Waals surface area (Å²) in [5, 5.41) is 0.137. The maximum Gasteiger partial charge on any atom is 0.162 e. The molecule has 0 fully saturated rings. The molecule has 0 radical (unpaired) electrons. The minimum atomic E-state index is -1.15. The van der Waals surface area contributed by atoms with Gasteiger partial charge in [0.15, 0.2) is 5.82 Å². The fraction of sp³-hybridized carbons (Fsp3) is 0.286. The van der Waals surface area contributed by atoms with Gasteiger partial charge in [-0.2, -0.15) is 0 Å². The maximum absolute atomic E-state index is 14.4. The molecule has 0 amide bonds. The van der Waals surface area contributed by atoms with Gasteiger partial charge in [0.05, 0.1) is 33.7 Å². The third kappa shape index (κ3) is 4.48. The van der Waals surface area contributed by atoms with Crippen molar-refractivity contribution in [1.82, 2.24) is 23.9 Å². The Morgan fingerprint density at radius 2 is 2.00 bits per heavy atom. The van der Waals surface area contributed by atoms with E-state index in [1.165, 1.54) is 12.1 Å². The molecular weight excluding hydrogens is 435 g/mol. The van der Waals surface area contributed by atoms with Crippen LogP contribution in [0.5, 0.6) is 0 Å². The van der Waals surface area contributed by atoms with Crippen molar-refractivity contribution in [2.24, 2.45) is 0 Å². The van der Waals surface area contributed by atoms with E-state index in [-0.39, 0.29) is 10.6 Å². The number of nitrogens with two attached hydrogens (primary N) is 1. The smallest absolute Gasteiger partial charge is 0.162 e. The molecule has 4 aromatic rings. The lowest BCUT2D eigenvalue weighted by molar-refractivity contribution is 0.0882. The van der Waals surface area contributed by atoms with Crippen molar-refractivity contribution >= 4 is 30.9 Å². The molecule has 31 heavy (non-hydrogen) atoms. The highest BCUT2D eigenvalue weighted by atomic mass is 35.5. The molecule has 7 nitrogen and oxygen atoms in total. The normalized spacial score (nSPS) is 12.0. The summed E-state index contributed by atoms with van der Waals surface area (Å²) in [5.41, 5.74) is 8.05. The van der Waals surface area contributed by atoms with Crippen LogP contribution in [0, 0.1) is 5.82 Å². The largest absolute Gasteiger partial charge is 0.398 e. The number of imidazole rings is 2. The van der Waals surface area contributed by atoms with E-state index in [1.807, 2.05) is 10.8 Å². The van der Waals surface area contributed by atoms with Gasteiger partial charge >= 0.3 is 0 Å². The number of rotatable bonds is 7. The molecule has 3 aromatic heterocycles. The van der Waals surface area contributed by atoms with Crippen LogP contribution in [-0.4, -0.2) is 38.6 Å². The molecule has 4 rings (SSSR count). The molecule has 0 spiro atoms. The molecule has 1 aromatic carbocycles. The Labute approximate surface area is 185 Å². The lowest BCUT2D eigenvalue weighted by Crippen LogP contribution is -2.22. The summed E-state index contributed by atoms with van der Waals surface area (Å²) < 4.78 is 23.9. The highest BCUT2D eigenvalue weighted by Crippen LogP contribution is 2.34. The Hall–Kier alpha value is -2.75. The van der Waals surface area contributed by atoms with Gasteiger partial charge in [0.25, 0.3) is 0 Å². The predicted molar refractivity (Wildman–Crippen MR) is 123 cm³/mol. The molecule has 0 aliphatic rings. The zero-order valence-electron chi connectivity index (χ0n) is 17.6. The summed E-state index contributed by atoms with van der Waals surface area (Å²) in [6, 6.07) is 3.81. The molecule has 0 atom stereocenters. The minimum absolute atomic E-state index is 0.137. The number of nitrogen functional groups attached to an aromatic ring is 1. The van der Waals surface area contributed by atoms with Crippen molar-refractivity contribution in [1.29, 1.82) is 0 Å². The number of halogens is 2. The van der Waals surface area contributed by atoms with Crippen molar-refractivity contribution in [2.75, 3.05) is 12.3 Å². The van der Waals surface area contributed by atoms with Crippen molar-refractivity contribution < 1.29 is 9.13 Å². The van der Waals surface area contributed by atoms with Crippen molar-refractivity contribution in [3.63, 3.8) is 0 Å². The van der Waals surface area contributed by atoms with Crippen LogP contribution in [0.1, 0.15) is 0 Å². The zero-order valence-corrected chi connectivity index (χ0v) is 19.4. The number of aromatic nitrogens is 5. The number of hydrogen-bond acceptors (Lipinski definition) is 5. The third-order valence-corrected chi connectivity index (χ3v) is 7.06. The summed E-state index contributed by atoms with van der Waals surface area (Å²) in [7, 11) is -1.15. The van der Waals surface area contributed by atoms with Crippen LogP contribution in [0.25, 0.3) is 28.3 Å². The standard InChI is InChI=1S/C21H24ClFN6OSi/c1-31(2,3)9-8-30-13-28-7-6-25-21(28)20-17-10-26-16(11-29(17)12-27-20)18-14(23)4-5-15(24)19(18)22/h4-7,10-12H,8-9,13,24H2,1-3H3. The Morgan fingerprint density at radius 1 is 1.19 bits per heavy atom. The van der Waals surface area contributed by atoms with E-state index < -0.39 is 13.9 Å². The Balaban J connectivity index is 1.62. The lowest BCUT2D eigenvalue weighted by atomic mass is 10.1. The van der Waals surface area contributed by atoms with Gasteiger partial charge in [0.2, 0.25) is 0 Å². The SMILES string of the molecule is C[Si](C)(C)CCOCn1ccnc1-c1ncn2cc(-c3c(F)ccc(N)c3Cl)ncc12. The van der Waals surface area contributed by atoms with Crippen molar-refractivity contribution in [3.05, 3.63) is 54.1 Å². The molecule has 10 heteroatoms. The van der Waals surface area contributed by atoms with Crippen molar-refractivity contribution in [3.8, 4) is 22.8 Å². The quantitative estimate of drug-likeness (QED) is 0.241. The van der Waals surface area contributed by atoms with Gasteiger partial charge in [0, 0.05) is 33.3 Å². The summed E-state index contributed by atoms with van der Waals surface area (Å²) in [6.45, 7) is 8.07. The number of hydrogen-bond donors (Lipinski definition) is 1. The van der Waals surface area contributed by atoms with Crippen molar-refractivity contribution in [2.45, 2.75) is 32.4 Å². The fourth-order valence-corrected chi connectivity index (χ4v) is 4.18. The second-order valence-electron chi connectivity index (χ2n) is 8.55. The molecule has 0 unspecified atom stereocenters. The van der Waals surface area contributed by atoms with Crippen LogP contribution in [0.15, 0.2) is 43.2 Å². The molecule has 2 N–H and O–H groups in total. The van der Waals surface area contributed by atoms with Gasteiger partial charge in [-0.25, -0.2) is 14.4 Å². The number of ether oxygens (including phenoxy) is 1. The zero-order chi connectivity index (χ0) is 22.2. The molecule has 0 aliphatic carbocycles. The first kappa shape index (κ1) is 21.5. The molecular formula is C21H24ClFN6OSi. The van der Waals surface area contributed by atoms with Gasteiger partial charge in [-0.05, 0) is 18.2 Å². The molecule has 0 saturated heterocycles. The first-order valence-corrected chi connectivity index (χ1v) is 14.0. The molecule has 0 bridgehead atoms. The second kappa shape index (κ2) is 8.41. The number of anilines is 1. The van der Waals surface area contributed by atoms with E-state index in [2.05, 4.69) is 34.6 Å². The van der Waals surface area contributed by atoms with E-state index >= 15 is 0 Å². The average molecular weight is 459 g/mol. The van der Waals surface area contributed by atoms with Crippen LogP contribution in [0.4, 0.5) is 10.1 Å². The van der Waals surface area contributed by atoms with Gasteiger partial charge in [-0.15, -0.1) is 0 Å². The maximum atomic E-state index is 14.4. The van der Waals surface area contributed by atoms with Gasteiger partial charge in [-0.1, -0.05) is 31.2 Å². The summed E-state index contributed by atoms with van der Waals surface area (Å²) >= 11 is 6.23. The Morgan fingerprint density at radius 3 is 2.77 bits per heavy atom. The topological polar surface area (TPSA) is 83.3 Å². The van der Waals surface area contributed by atoms with E-state index in [4.69, 9.17) is 22.1 Å². The Bertz CT molecular complexity index is 1230. The van der Waals surface area contributed by atoms with E-state index in [0.29, 0.717) is 36.2 Å². The summed E-state index contributed by atoms with van der Waals surface area (Å²) in [5.74, 6) is 0.190. The van der Waals surface area contributed by atoms with Crippen LogP contribution in [0.3, 0.4) is 0 Å². The average Bonchev–Trinajstić information content (AvgIpc) is 3.34. The molecule has 3 heterocycles. The monoisotopic (exact) mass is 458 g/mol. The number of nitrogens with zero attached hydrogens (tertiary/aromatic N) is 5. The van der Waals surface area contributed by atoms with Gasteiger partial charge in [0.1, 0.15) is 24.6 Å². The third-order valence-electron chi connectivity index (χ3n) is 4.95. The molecule has 162 valence electrons. The lowest BCUT2D eigenvalue weighted by Gasteiger charge is -2.15. The van der Waals surface area contributed by atoms with Gasteiger partial charge < -0.3 is 19.4 Å². The Kier molecular flexibility index (Phi) is 5.83. The summed E-state index contributed by atoms with van der Waals surface area (Å²) in [6.07, 6.45) is 8.51. The second-order valence-corrected chi connectivity index (χ2v) is 14.6. The van der Waals surface area contributed by atoms with E-state index in [0.717, 1.165) is 11.6 Å². The van der Waals surface area contributed by atoms with Crippen LogP contribution in [0.2, 0.25) is 30.7 Å². The molecule has 0 aliphatic heterocycles. The van der Waals surface area contributed by atoms with Crippen LogP contribution < -0.4 is 5.73 Å². The van der Waals surface area contributed by atoms with E-state index in [9.17, 15) is 4.39 Å². The first-order valence-electron chi connectivity index (χ1n) is 9.90. The highest BCUT2D eigenvalue weighted by molar-refractivity contribution is 6.76. The van der Waals surface area contributed by atoms with Crippen LogP contribution in [-0.2, 0) is 11.5 Å². The number of fused-ring (bicyclic) bond motifs is 1. The molecule has 0 saturated carbocycles. The highest BCUT2D eigenvalue weighted by Gasteiger charge is 2.18. The fourth-order valence-electron chi connectivity index (χ4n) is 3.17.